The molecule has 0 spiro atoms. The number of hydrogen-bond donors (Lipinski definition) is 1. The summed E-state index contributed by atoms with van der Waals surface area (Å²) in [7, 11) is 0. The Kier molecular flexibility index (Phi) is 3.34. The Hall–Kier alpha value is -0.590. The van der Waals surface area contributed by atoms with Gasteiger partial charge in [0.05, 0.1) is 15.9 Å². The van der Waals surface area contributed by atoms with Crippen molar-refractivity contribution < 1.29 is 9.53 Å². The van der Waals surface area contributed by atoms with Crippen molar-refractivity contribution in [3.8, 4) is 0 Å². The van der Waals surface area contributed by atoms with E-state index in [1.807, 2.05) is 0 Å². The molecule has 0 radical (unpaired) electrons. The number of hydrogen-bond acceptors (Lipinski definition) is 3. The lowest BCUT2D eigenvalue weighted by molar-refractivity contribution is -0.128. The summed E-state index contributed by atoms with van der Waals surface area (Å²) in [4.78, 5) is 9.77. The van der Waals surface area contributed by atoms with Crippen molar-refractivity contribution in [2.24, 2.45) is 0 Å². The number of ether oxygens (including phenoxy) is 1. The molecular formula is C6H7IN2O2. The highest BCUT2D eigenvalue weighted by Gasteiger charge is 2.00. The van der Waals surface area contributed by atoms with E-state index in [0.717, 1.165) is 9.26 Å². The monoisotopic (exact) mass is 266 g/mol. The molecule has 4 nitrogen and oxygen atoms in total. The van der Waals surface area contributed by atoms with Gasteiger partial charge in [0.1, 0.15) is 0 Å². The number of H-pyrrole nitrogens is 1. The third kappa shape index (κ3) is 2.49. The van der Waals surface area contributed by atoms with Crippen LogP contribution in [0.15, 0.2) is 6.20 Å². The van der Waals surface area contributed by atoms with E-state index in [4.69, 9.17) is 0 Å². The molecule has 1 rings (SSSR count). The normalized spacial score (nSPS) is 9.55. The van der Waals surface area contributed by atoms with Crippen molar-refractivity contribution >= 4 is 29.1 Å². The predicted molar refractivity (Wildman–Crippen MR) is 47.0 cm³/mol. The fourth-order valence-corrected chi connectivity index (χ4v) is 1.21. The molecule has 1 heterocycles. The molecule has 1 aromatic heterocycles. The van der Waals surface area contributed by atoms with Crippen molar-refractivity contribution in [3.05, 3.63) is 15.5 Å². The number of carbonyl (C=O) groups is 1. The van der Waals surface area contributed by atoms with Gasteiger partial charge in [-0.2, -0.15) is 5.10 Å². The Morgan fingerprint density at radius 3 is 3.18 bits per heavy atom. The minimum atomic E-state index is 0.393. The number of rotatable bonds is 4. The summed E-state index contributed by atoms with van der Waals surface area (Å²) in [5.41, 5.74) is 0.937. The lowest BCUT2D eigenvalue weighted by Gasteiger charge is -1.94. The summed E-state index contributed by atoms with van der Waals surface area (Å²) in [6.45, 7) is 0.837. The Bertz CT molecular complexity index is 236. The predicted octanol–water partition coefficient (Wildman–Crippen LogP) is 0.730. The molecule has 11 heavy (non-hydrogen) atoms. The first-order chi connectivity index (χ1) is 5.34. The number of halogens is 1. The van der Waals surface area contributed by atoms with Crippen molar-refractivity contribution in [1.82, 2.24) is 10.2 Å². The molecule has 0 aromatic carbocycles. The van der Waals surface area contributed by atoms with E-state index >= 15 is 0 Å². The summed E-state index contributed by atoms with van der Waals surface area (Å²) in [5.74, 6) is 0. The van der Waals surface area contributed by atoms with E-state index < -0.39 is 0 Å². The molecule has 0 aliphatic carbocycles. The zero-order valence-corrected chi connectivity index (χ0v) is 7.87. The third-order valence-corrected chi connectivity index (χ3v) is 2.13. The molecule has 0 aliphatic heterocycles. The summed E-state index contributed by atoms with van der Waals surface area (Å²) in [6.07, 6.45) is 2.47. The first-order valence-corrected chi connectivity index (χ1v) is 4.16. The first-order valence-electron chi connectivity index (χ1n) is 3.08. The van der Waals surface area contributed by atoms with Crippen LogP contribution in [-0.4, -0.2) is 23.3 Å². The average Bonchev–Trinajstić information content (AvgIpc) is 2.37. The number of carbonyl (C=O) groups excluding carboxylic acids is 1. The van der Waals surface area contributed by atoms with Gasteiger partial charge >= 0.3 is 0 Å². The number of aromatic amines is 1. The highest BCUT2D eigenvalue weighted by molar-refractivity contribution is 14.1. The van der Waals surface area contributed by atoms with Crippen LogP contribution in [0.3, 0.4) is 0 Å². The van der Waals surface area contributed by atoms with Crippen LogP contribution in [0.2, 0.25) is 0 Å². The van der Waals surface area contributed by atoms with Gasteiger partial charge in [-0.15, -0.1) is 0 Å². The fraction of sp³-hybridized carbons (Fsp3) is 0.333. The minimum absolute atomic E-state index is 0.393. The molecule has 0 atom stereocenters. The smallest absolute Gasteiger partial charge is 0.293 e. The average molecular weight is 266 g/mol. The molecule has 0 bridgehead atoms. The lowest BCUT2D eigenvalue weighted by atomic mass is 10.3. The van der Waals surface area contributed by atoms with Crippen LogP contribution in [0.25, 0.3) is 0 Å². The molecule has 0 aliphatic rings. The molecule has 0 amide bonds. The maximum atomic E-state index is 9.77. The van der Waals surface area contributed by atoms with Crippen LogP contribution < -0.4 is 0 Å². The molecule has 0 saturated carbocycles. The third-order valence-electron chi connectivity index (χ3n) is 1.19. The van der Waals surface area contributed by atoms with Crippen LogP contribution in [0.1, 0.15) is 5.69 Å². The topological polar surface area (TPSA) is 55.0 Å². The van der Waals surface area contributed by atoms with Gasteiger partial charge < -0.3 is 4.74 Å². The van der Waals surface area contributed by atoms with Crippen LogP contribution in [-0.2, 0) is 16.0 Å². The van der Waals surface area contributed by atoms with Gasteiger partial charge in [0.15, 0.2) is 0 Å². The number of nitrogens with zero attached hydrogens (tertiary/aromatic N) is 1. The van der Waals surface area contributed by atoms with Gasteiger partial charge in [0.2, 0.25) is 0 Å². The van der Waals surface area contributed by atoms with Gasteiger partial charge in [-0.25, -0.2) is 0 Å². The van der Waals surface area contributed by atoms with E-state index in [1.165, 1.54) is 0 Å². The zero-order chi connectivity index (χ0) is 8.10. The van der Waals surface area contributed by atoms with Crippen LogP contribution in [0.4, 0.5) is 0 Å². The van der Waals surface area contributed by atoms with Gasteiger partial charge in [-0.3, -0.25) is 9.89 Å². The SMILES string of the molecule is O=COCCc1n[nH]cc1I. The Morgan fingerprint density at radius 2 is 2.64 bits per heavy atom. The summed E-state index contributed by atoms with van der Waals surface area (Å²) in [5, 5.41) is 6.68. The summed E-state index contributed by atoms with van der Waals surface area (Å²) < 4.78 is 5.59. The molecule has 0 fully saturated rings. The van der Waals surface area contributed by atoms with Crippen LogP contribution in [0.5, 0.6) is 0 Å². The lowest BCUT2D eigenvalue weighted by Crippen LogP contribution is -1.98. The van der Waals surface area contributed by atoms with Crippen LogP contribution in [0, 0.1) is 3.57 Å². The zero-order valence-electron chi connectivity index (χ0n) is 5.71. The highest BCUT2D eigenvalue weighted by Crippen LogP contribution is 2.07. The summed E-state index contributed by atoms with van der Waals surface area (Å²) in [6, 6.07) is 0. The van der Waals surface area contributed by atoms with E-state index in [9.17, 15) is 4.79 Å². The molecular weight excluding hydrogens is 259 g/mol. The largest absolute Gasteiger partial charge is 0.467 e. The quantitative estimate of drug-likeness (QED) is 0.496. The second-order valence-electron chi connectivity index (χ2n) is 1.90. The highest BCUT2D eigenvalue weighted by atomic mass is 127. The van der Waals surface area contributed by atoms with E-state index in [0.29, 0.717) is 19.5 Å². The molecule has 60 valence electrons. The van der Waals surface area contributed by atoms with Gasteiger partial charge in [0.25, 0.3) is 6.47 Å². The van der Waals surface area contributed by atoms with Gasteiger partial charge in [-0.05, 0) is 22.6 Å². The maximum absolute atomic E-state index is 9.77. The minimum Gasteiger partial charge on any atom is -0.467 e. The summed E-state index contributed by atoms with van der Waals surface area (Å²) >= 11 is 2.17. The molecule has 5 heteroatoms. The number of aromatic nitrogens is 2. The van der Waals surface area contributed by atoms with Crippen LogP contribution >= 0.6 is 22.6 Å². The second-order valence-corrected chi connectivity index (χ2v) is 3.06. The Balaban J connectivity index is 2.38. The van der Waals surface area contributed by atoms with E-state index in [1.54, 1.807) is 6.20 Å². The van der Waals surface area contributed by atoms with Crippen molar-refractivity contribution in [2.75, 3.05) is 6.61 Å². The molecule has 0 saturated heterocycles. The molecule has 1 N–H and O–H groups in total. The van der Waals surface area contributed by atoms with Crippen molar-refractivity contribution in [1.29, 1.82) is 0 Å². The Morgan fingerprint density at radius 1 is 1.82 bits per heavy atom. The Labute approximate surface area is 77.5 Å². The standard InChI is InChI=1S/C6H7IN2O2/c7-5-3-8-9-6(5)1-2-11-4-10/h3-4H,1-2H2,(H,8,9). The van der Waals surface area contributed by atoms with Crippen molar-refractivity contribution in [2.45, 2.75) is 6.42 Å². The van der Waals surface area contributed by atoms with Crippen molar-refractivity contribution in [3.63, 3.8) is 0 Å². The maximum Gasteiger partial charge on any atom is 0.293 e. The van der Waals surface area contributed by atoms with E-state index in [-0.39, 0.29) is 0 Å². The number of nitrogens with one attached hydrogen (secondary N) is 1. The van der Waals surface area contributed by atoms with Gasteiger partial charge in [-0.1, -0.05) is 0 Å². The second kappa shape index (κ2) is 4.32. The fourth-order valence-electron chi connectivity index (χ4n) is 0.683. The molecule has 0 unspecified atom stereocenters. The van der Waals surface area contributed by atoms with Gasteiger partial charge in [0, 0.05) is 12.6 Å². The molecule has 1 aromatic rings. The first kappa shape index (κ1) is 8.51. The van der Waals surface area contributed by atoms with E-state index in [2.05, 4.69) is 37.5 Å².